The Bertz CT molecular complexity index is 644. The second kappa shape index (κ2) is 13.6. The molecule has 0 aromatic carbocycles. The first-order valence-electron chi connectivity index (χ1n) is 10.6. The van der Waals surface area contributed by atoms with Gasteiger partial charge in [0.1, 0.15) is 0 Å². The van der Waals surface area contributed by atoms with Gasteiger partial charge < -0.3 is 23.7 Å². The summed E-state index contributed by atoms with van der Waals surface area (Å²) in [5.74, 6) is -6.73. The Morgan fingerprint density at radius 2 is 1.52 bits per heavy atom. The van der Waals surface area contributed by atoms with Crippen molar-refractivity contribution in [3.63, 3.8) is 0 Å². The van der Waals surface area contributed by atoms with Crippen LogP contribution < -0.4 is 0 Å². The van der Waals surface area contributed by atoms with Crippen LogP contribution in [0.1, 0.15) is 85.0 Å². The van der Waals surface area contributed by atoms with E-state index < -0.39 is 48.5 Å². The zero-order valence-electron chi connectivity index (χ0n) is 18.4. The normalized spacial score (nSPS) is 21.6. The van der Waals surface area contributed by atoms with Gasteiger partial charge in [-0.3, -0.25) is 24.0 Å². The van der Waals surface area contributed by atoms with Crippen LogP contribution >= 0.6 is 0 Å². The molecule has 0 aromatic heterocycles. The Morgan fingerprint density at radius 1 is 0.903 bits per heavy atom. The van der Waals surface area contributed by atoms with E-state index in [1.165, 1.54) is 6.42 Å². The van der Waals surface area contributed by atoms with Gasteiger partial charge in [0, 0.05) is 20.3 Å². The van der Waals surface area contributed by atoms with Gasteiger partial charge >= 0.3 is 41.9 Å². The highest BCUT2D eigenvalue weighted by Crippen LogP contribution is 2.27. The molecule has 1 aliphatic rings. The maximum absolute atomic E-state index is 12.5. The monoisotopic (exact) mass is 444 g/mol. The number of ether oxygens (including phenoxy) is 5. The molecule has 1 saturated heterocycles. The molecule has 1 heterocycles. The van der Waals surface area contributed by atoms with E-state index >= 15 is 0 Å². The van der Waals surface area contributed by atoms with Crippen LogP contribution in [0.25, 0.3) is 0 Å². The molecular formula is C21H32O10. The minimum absolute atomic E-state index is 0.00846. The topological polar surface area (TPSA) is 132 Å². The minimum Gasteiger partial charge on any atom is -0.457 e. The molecule has 0 spiro atoms. The molecule has 10 nitrogen and oxygen atoms in total. The summed E-state index contributed by atoms with van der Waals surface area (Å²) in [7, 11) is 0. The van der Waals surface area contributed by atoms with Crippen LogP contribution in [0, 0.1) is 0 Å². The fraction of sp³-hybridized carbons (Fsp3) is 0.762. The number of carbonyl (C=O) groups is 5. The Hall–Kier alpha value is -2.65. The summed E-state index contributed by atoms with van der Waals surface area (Å²) in [6, 6.07) is 0. The summed E-state index contributed by atoms with van der Waals surface area (Å²) < 4.78 is 25.5. The van der Waals surface area contributed by atoms with Crippen LogP contribution in [-0.4, -0.2) is 48.5 Å². The summed E-state index contributed by atoms with van der Waals surface area (Å²) in [6.07, 6.45) is 4.23. The summed E-state index contributed by atoms with van der Waals surface area (Å²) in [5.41, 5.74) is 0. The standard InChI is InChI=1S/C21H32O10/c1-4-5-6-7-8-9-10-11-19(26)31-21(30-16(3)23)14-27-17(24)12-13-18(25)29-20(21)28-15(2)22/h20H,4-14H2,1-3H3. The average molecular weight is 444 g/mol. The molecule has 0 amide bonds. The summed E-state index contributed by atoms with van der Waals surface area (Å²) in [6.45, 7) is 3.39. The molecular weight excluding hydrogens is 412 g/mol. The lowest BCUT2D eigenvalue weighted by Crippen LogP contribution is -2.56. The van der Waals surface area contributed by atoms with Crippen LogP contribution in [0.15, 0.2) is 0 Å². The molecule has 10 heteroatoms. The largest absolute Gasteiger partial charge is 0.457 e. The smallest absolute Gasteiger partial charge is 0.366 e. The lowest BCUT2D eigenvalue weighted by atomic mass is 10.1. The number of cyclic esters (lactones) is 2. The maximum Gasteiger partial charge on any atom is 0.366 e. The molecule has 0 radical (unpaired) electrons. The van der Waals surface area contributed by atoms with Crippen molar-refractivity contribution in [2.24, 2.45) is 0 Å². The third-order valence-electron chi connectivity index (χ3n) is 4.43. The number of hydrogen-bond donors (Lipinski definition) is 0. The second-order valence-electron chi connectivity index (χ2n) is 7.34. The molecule has 0 aromatic rings. The highest BCUT2D eigenvalue weighted by molar-refractivity contribution is 5.78. The van der Waals surface area contributed by atoms with Crippen molar-refractivity contribution < 1.29 is 47.7 Å². The van der Waals surface area contributed by atoms with E-state index in [-0.39, 0.29) is 19.3 Å². The van der Waals surface area contributed by atoms with Crippen molar-refractivity contribution in [3.05, 3.63) is 0 Å². The van der Waals surface area contributed by atoms with Crippen molar-refractivity contribution in [1.82, 2.24) is 0 Å². The molecule has 176 valence electrons. The number of rotatable bonds is 11. The third-order valence-corrected chi connectivity index (χ3v) is 4.43. The first kappa shape index (κ1) is 26.4. The summed E-state index contributed by atoms with van der Waals surface area (Å²) in [4.78, 5) is 59.6. The lowest BCUT2D eigenvalue weighted by molar-refractivity contribution is -0.320. The van der Waals surface area contributed by atoms with E-state index in [1.54, 1.807) is 0 Å². The molecule has 31 heavy (non-hydrogen) atoms. The maximum atomic E-state index is 12.5. The molecule has 1 aliphatic heterocycles. The van der Waals surface area contributed by atoms with Gasteiger partial charge in [-0.2, -0.15) is 0 Å². The quantitative estimate of drug-likeness (QED) is 0.203. The van der Waals surface area contributed by atoms with Gasteiger partial charge in [0.05, 0.1) is 12.8 Å². The molecule has 0 N–H and O–H groups in total. The van der Waals surface area contributed by atoms with E-state index in [0.717, 1.165) is 46.0 Å². The van der Waals surface area contributed by atoms with E-state index in [1.807, 2.05) is 0 Å². The fourth-order valence-electron chi connectivity index (χ4n) is 2.95. The zero-order chi connectivity index (χ0) is 23.3. The van der Waals surface area contributed by atoms with Crippen molar-refractivity contribution >= 4 is 29.8 Å². The molecule has 0 aliphatic carbocycles. The minimum atomic E-state index is -2.44. The molecule has 0 saturated carbocycles. The van der Waals surface area contributed by atoms with Gasteiger partial charge in [0.2, 0.25) is 0 Å². The van der Waals surface area contributed by atoms with Crippen LogP contribution in [0.3, 0.4) is 0 Å². The van der Waals surface area contributed by atoms with E-state index in [4.69, 9.17) is 23.7 Å². The van der Waals surface area contributed by atoms with Gasteiger partial charge in [-0.25, -0.2) is 0 Å². The summed E-state index contributed by atoms with van der Waals surface area (Å²) in [5, 5.41) is 0. The van der Waals surface area contributed by atoms with Crippen LogP contribution in [0.4, 0.5) is 0 Å². The first-order valence-corrected chi connectivity index (χ1v) is 10.6. The van der Waals surface area contributed by atoms with Crippen LogP contribution in [-0.2, 0) is 47.7 Å². The van der Waals surface area contributed by atoms with Gasteiger partial charge in [0.15, 0.2) is 6.61 Å². The second-order valence-corrected chi connectivity index (χ2v) is 7.34. The van der Waals surface area contributed by atoms with Crippen LogP contribution in [0.5, 0.6) is 0 Å². The highest BCUT2D eigenvalue weighted by atomic mass is 16.8. The lowest BCUT2D eigenvalue weighted by Gasteiger charge is -2.35. The Kier molecular flexibility index (Phi) is 11.6. The number of unbranched alkanes of at least 4 members (excludes halogenated alkanes) is 6. The number of carbonyl (C=O) groups excluding carboxylic acids is 5. The van der Waals surface area contributed by atoms with Gasteiger partial charge in [-0.15, -0.1) is 0 Å². The SMILES string of the molecule is CCCCCCCCCC(=O)OC1(OC(C)=O)COC(=O)CCC(=O)OC1OC(C)=O. The third kappa shape index (κ3) is 10.3. The molecule has 1 rings (SSSR count). The number of esters is 5. The Morgan fingerprint density at radius 3 is 2.13 bits per heavy atom. The molecule has 2 unspecified atom stereocenters. The summed E-state index contributed by atoms with van der Waals surface area (Å²) >= 11 is 0. The predicted molar refractivity (Wildman–Crippen MR) is 105 cm³/mol. The van der Waals surface area contributed by atoms with Crippen molar-refractivity contribution in [1.29, 1.82) is 0 Å². The zero-order valence-corrected chi connectivity index (χ0v) is 18.4. The van der Waals surface area contributed by atoms with Crippen LogP contribution in [0.2, 0.25) is 0 Å². The predicted octanol–water partition coefficient (Wildman–Crippen LogP) is 2.70. The van der Waals surface area contributed by atoms with Crippen molar-refractivity contribution in [2.75, 3.05) is 6.61 Å². The van der Waals surface area contributed by atoms with E-state index in [0.29, 0.717) is 6.42 Å². The molecule has 1 fully saturated rings. The number of hydrogen-bond acceptors (Lipinski definition) is 10. The molecule has 2 atom stereocenters. The van der Waals surface area contributed by atoms with Gasteiger partial charge in [0.25, 0.3) is 0 Å². The van der Waals surface area contributed by atoms with Gasteiger partial charge in [-0.1, -0.05) is 45.4 Å². The highest BCUT2D eigenvalue weighted by Gasteiger charge is 2.53. The fourth-order valence-corrected chi connectivity index (χ4v) is 2.95. The first-order chi connectivity index (χ1) is 14.7. The van der Waals surface area contributed by atoms with Crippen molar-refractivity contribution in [3.8, 4) is 0 Å². The Labute approximate surface area is 181 Å². The van der Waals surface area contributed by atoms with E-state index in [2.05, 4.69) is 6.92 Å². The average Bonchev–Trinajstić information content (AvgIpc) is 2.72. The van der Waals surface area contributed by atoms with Crippen molar-refractivity contribution in [2.45, 2.75) is 97.1 Å². The van der Waals surface area contributed by atoms with E-state index in [9.17, 15) is 24.0 Å². The Balaban J connectivity index is 2.93. The van der Waals surface area contributed by atoms with Gasteiger partial charge in [-0.05, 0) is 6.42 Å². The molecule has 0 bridgehead atoms.